The fourth-order valence-corrected chi connectivity index (χ4v) is 1.88. The fourth-order valence-electron chi connectivity index (χ4n) is 1.88. The summed E-state index contributed by atoms with van der Waals surface area (Å²) in [6, 6.07) is 5.57. The zero-order valence-corrected chi connectivity index (χ0v) is 10.1. The number of carbonyl (C=O) groups is 1. The molecule has 0 saturated carbocycles. The third-order valence-corrected chi connectivity index (χ3v) is 2.79. The molecular formula is C14H20O2. The molecule has 2 heteroatoms. The Morgan fingerprint density at radius 2 is 2.00 bits per heavy atom. The molecule has 0 aliphatic heterocycles. The lowest BCUT2D eigenvalue weighted by Gasteiger charge is -2.07. The normalized spacial score (nSPS) is 10.4. The molecule has 0 spiro atoms. The molecule has 1 aromatic carbocycles. The number of aryl methyl sites for hydroxylation is 2. The molecule has 0 aliphatic rings. The van der Waals surface area contributed by atoms with Crippen LogP contribution in [0.1, 0.15) is 54.1 Å². The van der Waals surface area contributed by atoms with Crippen molar-refractivity contribution >= 4 is 5.97 Å². The van der Waals surface area contributed by atoms with Crippen LogP contribution in [0.3, 0.4) is 0 Å². The van der Waals surface area contributed by atoms with E-state index in [4.69, 9.17) is 5.11 Å². The van der Waals surface area contributed by atoms with E-state index < -0.39 is 5.97 Å². The van der Waals surface area contributed by atoms with Crippen molar-refractivity contribution in [2.24, 2.45) is 0 Å². The minimum Gasteiger partial charge on any atom is -0.478 e. The van der Waals surface area contributed by atoms with Gasteiger partial charge in [0.15, 0.2) is 0 Å². The van der Waals surface area contributed by atoms with Crippen molar-refractivity contribution in [3.63, 3.8) is 0 Å². The Labute approximate surface area is 97.3 Å². The van der Waals surface area contributed by atoms with Crippen LogP contribution in [0.15, 0.2) is 18.2 Å². The molecule has 0 fully saturated rings. The van der Waals surface area contributed by atoms with Gasteiger partial charge in [-0.15, -0.1) is 0 Å². The first-order valence-corrected chi connectivity index (χ1v) is 5.98. The second-order valence-corrected chi connectivity index (χ2v) is 4.28. The lowest BCUT2D eigenvalue weighted by atomic mass is 9.99. The van der Waals surface area contributed by atoms with E-state index in [1.54, 1.807) is 6.07 Å². The molecule has 0 aromatic heterocycles. The number of carboxylic acid groups (broad SMARTS) is 1. The van der Waals surface area contributed by atoms with Crippen molar-refractivity contribution in [2.75, 3.05) is 0 Å². The van der Waals surface area contributed by atoms with E-state index in [1.807, 2.05) is 19.1 Å². The van der Waals surface area contributed by atoms with Gasteiger partial charge in [-0.1, -0.05) is 43.9 Å². The van der Waals surface area contributed by atoms with Gasteiger partial charge in [-0.2, -0.15) is 0 Å². The Morgan fingerprint density at radius 1 is 1.25 bits per heavy atom. The van der Waals surface area contributed by atoms with Gasteiger partial charge >= 0.3 is 5.97 Å². The molecule has 0 heterocycles. The Morgan fingerprint density at radius 3 is 2.62 bits per heavy atom. The minimum atomic E-state index is -0.814. The zero-order chi connectivity index (χ0) is 12.0. The van der Waals surface area contributed by atoms with Crippen LogP contribution in [0.25, 0.3) is 0 Å². The Kier molecular flexibility index (Phi) is 5.03. The fraction of sp³-hybridized carbons (Fsp3) is 0.500. The highest BCUT2D eigenvalue weighted by Crippen LogP contribution is 2.15. The number of benzene rings is 1. The second-order valence-electron chi connectivity index (χ2n) is 4.28. The van der Waals surface area contributed by atoms with Crippen LogP contribution in [-0.4, -0.2) is 11.1 Å². The van der Waals surface area contributed by atoms with Gasteiger partial charge < -0.3 is 5.11 Å². The highest BCUT2D eigenvalue weighted by Gasteiger charge is 2.09. The molecule has 0 unspecified atom stereocenters. The molecule has 88 valence electrons. The predicted molar refractivity (Wildman–Crippen MR) is 66.0 cm³/mol. The first-order chi connectivity index (χ1) is 7.65. The standard InChI is InChI=1S/C14H20O2/c1-3-4-5-6-7-12-10-11(2)8-9-13(12)14(15)16/h8-10H,3-7H2,1-2H3,(H,15,16). The first kappa shape index (κ1) is 12.8. The SMILES string of the molecule is CCCCCCc1cc(C)ccc1C(=O)O. The van der Waals surface area contributed by atoms with Crippen molar-refractivity contribution in [3.8, 4) is 0 Å². The molecule has 1 rings (SSSR count). The lowest BCUT2D eigenvalue weighted by Crippen LogP contribution is -2.03. The molecule has 1 aromatic rings. The van der Waals surface area contributed by atoms with Crippen LogP contribution >= 0.6 is 0 Å². The van der Waals surface area contributed by atoms with Crippen LogP contribution in [0.2, 0.25) is 0 Å². The zero-order valence-electron chi connectivity index (χ0n) is 10.1. The molecule has 0 aliphatic carbocycles. The summed E-state index contributed by atoms with van der Waals surface area (Å²) in [5.74, 6) is -0.814. The third-order valence-electron chi connectivity index (χ3n) is 2.79. The van der Waals surface area contributed by atoms with E-state index in [-0.39, 0.29) is 0 Å². The highest BCUT2D eigenvalue weighted by molar-refractivity contribution is 5.89. The minimum absolute atomic E-state index is 0.460. The van der Waals surface area contributed by atoms with Gasteiger partial charge in [-0.05, 0) is 31.4 Å². The number of hydrogen-bond acceptors (Lipinski definition) is 1. The molecule has 16 heavy (non-hydrogen) atoms. The van der Waals surface area contributed by atoms with E-state index in [9.17, 15) is 4.79 Å². The number of unbranched alkanes of at least 4 members (excludes halogenated alkanes) is 3. The summed E-state index contributed by atoms with van der Waals surface area (Å²) in [6.45, 7) is 4.18. The first-order valence-electron chi connectivity index (χ1n) is 5.98. The average Bonchev–Trinajstić information content (AvgIpc) is 2.24. The van der Waals surface area contributed by atoms with Crippen molar-refractivity contribution in [1.82, 2.24) is 0 Å². The number of rotatable bonds is 6. The summed E-state index contributed by atoms with van der Waals surface area (Å²) in [6.07, 6.45) is 5.58. The molecule has 0 saturated heterocycles. The Balaban J connectivity index is 2.68. The maximum atomic E-state index is 11.0. The number of aromatic carboxylic acids is 1. The van der Waals surface area contributed by atoms with Crippen LogP contribution in [-0.2, 0) is 6.42 Å². The highest BCUT2D eigenvalue weighted by atomic mass is 16.4. The van der Waals surface area contributed by atoms with Crippen molar-refractivity contribution in [2.45, 2.75) is 46.0 Å². The van der Waals surface area contributed by atoms with Crippen LogP contribution in [0.5, 0.6) is 0 Å². The molecule has 0 radical (unpaired) electrons. The van der Waals surface area contributed by atoms with E-state index >= 15 is 0 Å². The average molecular weight is 220 g/mol. The van der Waals surface area contributed by atoms with Crippen LogP contribution in [0.4, 0.5) is 0 Å². The van der Waals surface area contributed by atoms with Gasteiger partial charge in [0, 0.05) is 0 Å². The maximum absolute atomic E-state index is 11.0. The largest absolute Gasteiger partial charge is 0.478 e. The van der Waals surface area contributed by atoms with Crippen LogP contribution < -0.4 is 0 Å². The summed E-state index contributed by atoms with van der Waals surface area (Å²) in [5.41, 5.74) is 2.57. The molecule has 0 bridgehead atoms. The van der Waals surface area contributed by atoms with Crippen molar-refractivity contribution in [3.05, 3.63) is 34.9 Å². The van der Waals surface area contributed by atoms with E-state index in [1.165, 1.54) is 19.3 Å². The summed E-state index contributed by atoms with van der Waals surface area (Å²) in [4.78, 5) is 11.0. The molecule has 1 N–H and O–H groups in total. The Hall–Kier alpha value is -1.31. The van der Waals surface area contributed by atoms with E-state index in [0.29, 0.717) is 5.56 Å². The van der Waals surface area contributed by atoms with Gasteiger partial charge in [0.1, 0.15) is 0 Å². The van der Waals surface area contributed by atoms with Crippen molar-refractivity contribution in [1.29, 1.82) is 0 Å². The smallest absolute Gasteiger partial charge is 0.335 e. The van der Waals surface area contributed by atoms with Crippen molar-refractivity contribution < 1.29 is 9.90 Å². The van der Waals surface area contributed by atoms with E-state index in [0.717, 1.165) is 24.0 Å². The second kappa shape index (κ2) is 6.31. The summed E-state index contributed by atoms with van der Waals surface area (Å²) >= 11 is 0. The van der Waals surface area contributed by atoms with E-state index in [2.05, 4.69) is 6.92 Å². The summed E-state index contributed by atoms with van der Waals surface area (Å²) in [7, 11) is 0. The monoisotopic (exact) mass is 220 g/mol. The molecule has 0 atom stereocenters. The van der Waals surface area contributed by atoms with Crippen LogP contribution in [0, 0.1) is 6.92 Å². The molecule has 2 nitrogen and oxygen atoms in total. The summed E-state index contributed by atoms with van der Waals surface area (Å²) in [5, 5.41) is 9.06. The van der Waals surface area contributed by atoms with Gasteiger partial charge in [0.05, 0.1) is 5.56 Å². The summed E-state index contributed by atoms with van der Waals surface area (Å²) < 4.78 is 0. The van der Waals surface area contributed by atoms with Gasteiger partial charge in [-0.25, -0.2) is 4.79 Å². The lowest BCUT2D eigenvalue weighted by molar-refractivity contribution is 0.0695. The van der Waals surface area contributed by atoms with Gasteiger partial charge in [-0.3, -0.25) is 0 Å². The third kappa shape index (κ3) is 3.69. The van der Waals surface area contributed by atoms with Gasteiger partial charge in [0.25, 0.3) is 0 Å². The number of hydrogen-bond donors (Lipinski definition) is 1. The Bertz CT molecular complexity index is 356. The quantitative estimate of drug-likeness (QED) is 0.740. The maximum Gasteiger partial charge on any atom is 0.335 e. The molecule has 0 amide bonds. The molecular weight excluding hydrogens is 200 g/mol. The number of carboxylic acids is 1. The van der Waals surface area contributed by atoms with Gasteiger partial charge in [0.2, 0.25) is 0 Å². The predicted octanol–water partition coefficient (Wildman–Crippen LogP) is 3.82. The topological polar surface area (TPSA) is 37.3 Å².